The largest absolute Gasteiger partial charge is 0.493 e. The van der Waals surface area contributed by atoms with Crippen molar-refractivity contribution in [3.8, 4) is 11.5 Å². The zero-order valence-corrected chi connectivity index (χ0v) is 13.5. The molecule has 0 aliphatic carbocycles. The predicted octanol–water partition coefficient (Wildman–Crippen LogP) is 4.72. The maximum Gasteiger partial charge on any atom is 0.163 e. The summed E-state index contributed by atoms with van der Waals surface area (Å²) in [6, 6.07) is 6.55. The third kappa shape index (κ3) is 4.95. The van der Waals surface area contributed by atoms with Crippen LogP contribution in [0.4, 0.5) is 5.69 Å². The van der Waals surface area contributed by atoms with E-state index in [9.17, 15) is 0 Å². The number of nitrogens with one attached hydrogen (secondary N) is 1. The highest BCUT2D eigenvalue weighted by Gasteiger charge is 2.12. The molecule has 1 aromatic rings. The Kier molecular flexibility index (Phi) is 7.27. The topological polar surface area (TPSA) is 30.5 Å². The van der Waals surface area contributed by atoms with Crippen molar-refractivity contribution >= 4 is 5.69 Å². The molecular weight excluding hydrogens is 250 g/mol. The highest BCUT2D eigenvalue weighted by atomic mass is 16.5. The van der Waals surface area contributed by atoms with Crippen LogP contribution in [0.5, 0.6) is 11.5 Å². The second-order valence-corrected chi connectivity index (χ2v) is 5.30. The first kappa shape index (κ1) is 16.7. The fourth-order valence-corrected chi connectivity index (χ4v) is 2.25. The summed E-state index contributed by atoms with van der Waals surface area (Å²) >= 11 is 0. The first-order chi connectivity index (χ1) is 9.64. The minimum Gasteiger partial charge on any atom is -0.493 e. The van der Waals surface area contributed by atoms with Crippen molar-refractivity contribution in [2.45, 2.75) is 53.0 Å². The molecule has 20 heavy (non-hydrogen) atoms. The van der Waals surface area contributed by atoms with Gasteiger partial charge in [0.15, 0.2) is 11.5 Å². The number of anilines is 1. The molecule has 0 aromatic heterocycles. The van der Waals surface area contributed by atoms with Crippen molar-refractivity contribution in [1.29, 1.82) is 0 Å². The molecule has 0 aliphatic rings. The van der Waals surface area contributed by atoms with E-state index in [0.717, 1.165) is 29.5 Å². The summed E-state index contributed by atoms with van der Waals surface area (Å²) in [6.45, 7) is 9.41. The zero-order valence-electron chi connectivity index (χ0n) is 13.5. The van der Waals surface area contributed by atoms with Crippen molar-refractivity contribution in [1.82, 2.24) is 0 Å². The van der Waals surface area contributed by atoms with E-state index in [0.29, 0.717) is 12.6 Å². The summed E-state index contributed by atoms with van der Waals surface area (Å²) in [7, 11) is 1.67. The summed E-state index contributed by atoms with van der Waals surface area (Å²) in [5, 5.41) is 3.61. The van der Waals surface area contributed by atoms with Crippen LogP contribution in [0.3, 0.4) is 0 Å². The van der Waals surface area contributed by atoms with Crippen molar-refractivity contribution in [3.05, 3.63) is 18.2 Å². The molecule has 0 heterocycles. The van der Waals surface area contributed by atoms with Gasteiger partial charge in [-0.15, -0.1) is 0 Å². The number of hydrogen-bond acceptors (Lipinski definition) is 3. The van der Waals surface area contributed by atoms with E-state index in [2.05, 4.69) is 32.2 Å². The second kappa shape index (κ2) is 8.72. The Morgan fingerprint density at radius 1 is 1.10 bits per heavy atom. The van der Waals surface area contributed by atoms with E-state index in [1.165, 1.54) is 12.8 Å². The average molecular weight is 279 g/mol. The summed E-state index contributed by atoms with van der Waals surface area (Å²) in [5.41, 5.74) is 1.10. The molecule has 1 N–H and O–H groups in total. The van der Waals surface area contributed by atoms with Crippen LogP contribution in [-0.2, 0) is 0 Å². The van der Waals surface area contributed by atoms with Gasteiger partial charge in [-0.3, -0.25) is 0 Å². The van der Waals surface area contributed by atoms with Crippen molar-refractivity contribution in [3.63, 3.8) is 0 Å². The van der Waals surface area contributed by atoms with Crippen LogP contribution >= 0.6 is 0 Å². The van der Waals surface area contributed by atoms with Gasteiger partial charge in [0.1, 0.15) is 0 Å². The third-order valence-corrected chi connectivity index (χ3v) is 3.71. The normalized spacial score (nSPS) is 13.7. The van der Waals surface area contributed by atoms with Crippen LogP contribution in [0.25, 0.3) is 0 Å². The summed E-state index contributed by atoms with van der Waals surface area (Å²) in [4.78, 5) is 0. The monoisotopic (exact) mass is 279 g/mol. The van der Waals surface area contributed by atoms with Crippen LogP contribution in [0.2, 0.25) is 0 Å². The van der Waals surface area contributed by atoms with Gasteiger partial charge >= 0.3 is 0 Å². The van der Waals surface area contributed by atoms with Gasteiger partial charge in [-0.25, -0.2) is 0 Å². The Morgan fingerprint density at radius 3 is 2.40 bits per heavy atom. The van der Waals surface area contributed by atoms with Crippen LogP contribution in [0, 0.1) is 5.92 Å². The van der Waals surface area contributed by atoms with Crippen LogP contribution in [-0.4, -0.2) is 19.8 Å². The lowest BCUT2D eigenvalue weighted by Crippen LogP contribution is -2.21. The molecule has 114 valence electrons. The van der Waals surface area contributed by atoms with Gasteiger partial charge in [-0.1, -0.05) is 27.2 Å². The van der Waals surface area contributed by atoms with Crippen molar-refractivity contribution < 1.29 is 9.47 Å². The number of rotatable bonds is 9. The Hall–Kier alpha value is -1.38. The Balaban J connectivity index is 2.77. The average Bonchev–Trinajstić information content (AvgIpc) is 2.47. The zero-order chi connectivity index (χ0) is 15.0. The number of hydrogen-bond donors (Lipinski definition) is 1. The molecule has 0 spiro atoms. The molecule has 3 nitrogen and oxygen atoms in total. The van der Waals surface area contributed by atoms with Gasteiger partial charge in [0, 0.05) is 17.8 Å². The summed E-state index contributed by atoms with van der Waals surface area (Å²) < 4.78 is 10.9. The SMILES string of the molecule is CCOc1cc(NC(CC)CC(C)CC)ccc1OC. The molecule has 0 saturated heterocycles. The molecule has 1 rings (SSSR count). The third-order valence-electron chi connectivity index (χ3n) is 3.71. The maximum atomic E-state index is 5.62. The predicted molar refractivity (Wildman–Crippen MR) is 85.9 cm³/mol. The molecule has 1 aromatic carbocycles. The smallest absolute Gasteiger partial charge is 0.163 e. The van der Waals surface area contributed by atoms with E-state index in [1.54, 1.807) is 7.11 Å². The molecule has 2 atom stereocenters. The van der Waals surface area contributed by atoms with Crippen LogP contribution in [0.1, 0.15) is 47.0 Å². The van der Waals surface area contributed by atoms with Crippen LogP contribution in [0.15, 0.2) is 18.2 Å². The molecule has 0 amide bonds. The molecule has 0 radical (unpaired) electrons. The van der Waals surface area contributed by atoms with Crippen LogP contribution < -0.4 is 14.8 Å². The quantitative estimate of drug-likeness (QED) is 0.709. The summed E-state index contributed by atoms with van der Waals surface area (Å²) in [6.07, 6.45) is 3.55. The number of ether oxygens (including phenoxy) is 2. The first-order valence-electron chi connectivity index (χ1n) is 7.71. The van der Waals surface area contributed by atoms with Gasteiger partial charge < -0.3 is 14.8 Å². The molecule has 0 saturated carbocycles. The molecule has 0 fully saturated rings. The fraction of sp³-hybridized carbons (Fsp3) is 0.647. The molecule has 0 bridgehead atoms. The molecule has 0 aliphatic heterocycles. The van der Waals surface area contributed by atoms with Crippen molar-refractivity contribution in [2.75, 3.05) is 19.0 Å². The number of methoxy groups -OCH3 is 1. The van der Waals surface area contributed by atoms with Gasteiger partial charge in [0.05, 0.1) is 13.7 Å². The minimum atomic E-state index is 0.507. The fourth-order valence-electron chi connectivity index (χ4n) is 2.25. The Bertz CT molecular complexity index is 393. The Labute approximate surface area is 123 Å². The lowest BCUT2D eigenvalue weighted by Gasteiger charge is -2.22. The molecule has 3 heteroatoms. The van der Waals surface area contributed by atoms with E-state index < -0.39 is 0 Å². The first-order valence-corrected chi connectivity index (χ1v) is 7.71. The highest BCUT2D eigenvalue weighted by Crippen LogP contribution is 2.31. The second-order valence-electron chi connectivity index (χ2n) is 5.30. The van der Waals surface area contributed by atoms with Gasteiger partial charge in [0.2, 0.25) is 0 Å². The standard InChI is InChI=1S/C17H29NO2/c1-6-13(4)11-14(7-2)18-15-9-10-16(19-5)17(12-15)20-8-3/h9-10,12-14,18H,6-8,11H2,1-5H3. The lowest BCUT2D eigenvalue weighted by molar-refractivity contribution is 0.311. The minimum absolute atomic E-state index is 0.507. The van der Waals surface area contributed by atoms with E-state index >= 15 is 0 Å². The Morgan fingerprint density at radius 2 is 1.85 bits per heavy atom. The van der Waals surface area contributed by atoms with E-state index in [4.69, 9.17) is 9.47 Å². The van der Waals surface area contributed by atoms with Gasteiger partial charge in [-0.2, -0.15) is 0 Å². The molecule has 2 unspecified atom stereocenters. The maximum absolute atomic E-state index is 5.62. The highest BCUT2D eigenvalue weighted by molar-refractivity contribution is 5.55. The van der Waals surface area contributed by atoms with Gasteiger partial charge in [-0.05, 0) is 37.8 Å². The van der Waals surface area contributed by atoms with E-state index in [-0.39, 0.29) is 0 Å². The lowest BCUT2D eigenvalue weighted by atomic mass is 9.97. The van der Waals surface area contributed by atoms with E-state index in [1.807, 2.05) is 19.1 Å². The van der Waals surface area contributed by atoms with Crippen molar-refractivity contribution in [2.24, 2.45) is 5.92 Å². The summed E-state index contributed by atoms with van der Waals surface area (Å²) in [5.74, 6) is 2.34. The molecular formula is C17H29NO2. The number of benzene rings is 1. The van der Waals surface area contributed by atoms with Gasteiger partial charge in [0.25, 0.3) is 0 Å².